The molecule has 0 saturated carbocycles. The van der Waals surface area contributed by atoms with Gasteiger partial charge in [0, 0.05) is 7.11 Å². The quantitative estimate of drug-likeness (QED) is 0.401. The van der Waals surface area contributed by atoms with E-state index in [1.165, 1.54) is 13.2 Å². The normalized spacial score (nSPS) is 46.0. The molecule has 0 amide bonds. The van der Waals surface area contributed by atoms with E-state index in [9.17, 15) is 20.4 Å². The minimum Gasteiger partial charge on any atom is -0.479 e. The second kappa shape index (κ2) is 7.45. The van der Waals surface area contributed by atoms with E-state index in [2.05, 4.69) is 0 Å². The molecule has 0 aliphatic carbocycles. The molecule has 5 N–H and O–H groups in total. The van der Waals surface area contributed by atoms with Crippen LogP contribution in [0.5, 0.6) is 0 Å². The molecule has 0 aromatic carbocycles. The number of thioether (sulfide) groups is 1. The zero-order valence-corrected chi connectivity index (χ0v) is 13.1. The lowest BCUT2D eigenvalue weighted by Gasteiger charge is -2.41. The highest BCUT2D eigenvalue weighted by Crippen LogP contribution is 2.37. The lowest BCUT2D eigenvalue weighted by atomic mass is 10.0. The molecule has 2 rings (SSSR count). The minimum absolute atomic E-state index is 0.249. The van der Waals surface area contributed by atoms with E-state index in [1.807, 2.05) is 0 Å². The Balaban J connectivity index is 2.08. The number of hydrogen-bond acceptors (Lipinski definition) is 9. The van der Waals surface area contributed by atoms with Gasteiger partial charge in [-0.15, -0.1) is 0 Å². The van der Waals surface area contributed by atoms with Crippen molar-refractivity contribution in [3.05, 3.63) is 11.2 Å². The molecule has 2 heterocycles. The van der Waals surface area contributed by atoms with Gasteiger partial charge in [0.15, 0.2) is 17.5 Å². The number of aliphatic hydroxyl groups is 5. The summed E-state index contributed by atoms with van der Waals surface area (Å²) in [5.41, 5.74) is 0. The van der Waals surface area contributed by atoms with Crippen LogP contribution in [-0.2, 0) is 14.2 Å². The summed E-state index contributed by atoms with van der Waals surface area (Å²) in [7, 11) is 1.37. The largest absolute Gasteiger partial charge is 0.479 e. The first-order valence-corrected chi connectivity index (χ1v) is 7.83. The van der Waals surface area contributed by atoms with Gasteiger partial charge in [0.2, 0.25) is 0 Å². The van der Waals surface area contributed by atoms with Crippen LogP contribution in [-0.4, -0.2) is 87.4 Å². The van der Waals surface area contributed by atoms with Crippen molar-refractivity contribution in [1.29, 1.82) is 0 Å². The molecule has 0 spiro atoms. The molecule has 9 heteroatoms. The standard InChI is InChI=1S/C13H22O8S/c1-5-12(10(17)11(18)13(19-2)20-5)22-8-3-6(15)9(16)7(4-14)21-8/h3,5-7,9-18H,4H2,1-2H3/t5-,6-,7-,9+,10-,11-,12+,13+/m1/s1. The average molecular weight is 338 g/mol. The second-order valence-corrected chi connectivity index (χ2v) is 6.50. The van der Waals surface area contributed by atoms with Crippen molar-refractivity contribution < 1.29 is 39.7 Å². The molecule has 2 aliphatic heterocycles. The number of aliphatic hydroxyl groups excluding tert-OH is 5. The first-order valence-electron chi connectivity index (χ1n) is 6.95. The van der Waals surface area contributed by atoms with Crippen molar-refractivity contribution in [2.24, 2.45) is 0 Å². The zero-order valence-electron chi connectivity index (χ0n) is 12.3. The van der Waals surface area contributed by atoms with E-state index in [1.54, 1.807) is 6.92 Å². The summed E-state index contributed by atoms with van der Waals surface area (Å²) in [6.07, 6.45) is -5.75. The summed E-state index contributed by atoms with van der Waals surface area (Å²) < 4.78 is 15.8. The third kappa shape index (κ3) is 3.57. The summed E-state index contributed by atoms with van der Waals surface area (Å²) in [5, 5.41) is 48.4. The summed E-state index contributed by atoms with van der Waals surface area (Å²) in [6, 6.07) is 0. The Morgan fingerprint density at radius 1 is 1.18 bits per heavy atom. The fraction of sp³-hybridized carbons (Fsp3) is 0.846. The molecule has 0 aromatic rings. The van der Waals surface area contributed by atoms with Gasteiger partial charge in [-0.25, -0.2) is 0 Å². The molecular formula is C13H22O8S. The molecule has 0 unspecified atom stereocenters. The van der Waals surface area contributed by atoms with Crippen LogP contribution >= 0.6 is 11.8 Å². The van der Waals surface area contributed by atoms with Gasteiger partial charge in [0.1, 0.15) is 18.3 Å². The van der Waals surface area contributed by atoms with Crippen LogP contribution in [0.3, 0.4) is 0 Å². The summed E-state index contributed by atoms with van der Waals surface area (Å²) >= 11 is 1.06. The molecule has 1 saturated heterocycles. The number of hydrogen-bond donors (Lipinski definition) is 5. The molecule has 8 atom stereocenters. The van der Waals surface area contributed by atoms with Crippen LogP contribution < -0.4 is 0 Å². The first kappa shape index (κ1) is 18.0. The Morgan fingerprint density at radius 3 is 2.45 bits per heavy atom. The molecule has 128 valence electrons. The van der Waals surface area contributed by atoms with Crippen molar-refractivity contribution in [1.82, 2.24) is 0 Å². The molecule has 22 heavy (non-hydrogen) atoms. The molecule has 0 aromatic heterocycles. The van der Waals surface area contributed by atoms with Gasteiger partial charge in [0.05, 0.1) is 24.1 Å². The Labute approximate surface area is 132 Å². The number of methoxy groups -OCH3 is 1. The summed E-state index contributed by atoms with van der Waals surface area (Å²) in [4.78, 5) is 0. The van der Waals surface area contributed by atoms with Gasteiger partial charge in [-0.2, -0.15) is 0 Å². The van der Waals surface area contributed by atoms with Crippen molar-refractivity contribution in [2.45, 2.75) is 55.1 Å². The van der Waals surface area contributed by atoms with Crippen molar-refractivity contribution in [3.63, 3.8) is 0 Å². The van der Waals surface area contributed by atoms with E-state index in [-0.39, 0.29) is 5.09 Å². The van der Waals surface area contributed by atoms with E-state index in [0.29, 0.717) is 0 Å². The predicted octanol–water partition coefficient (Wildman–Crippen LogP) is -1.84. The Kier molecular flexibility index (Phi) is 6.08. The van der Waals surface area contributed by atoms with Gasteiger partial charge < -0.3 is 39.7 Å². The third-order valence-electron chi connectivity index (χ3n) is 3.75. The summed E-state index contributed by atoms with van der Waals surface area (Å²) in [5.74, 6) is 0. The molecule has 0 bridgehead atoms. The topological polar surface area (TPSA) is 129 Å². The van der Waals surface area contributed by atoms with Gasteiger partial charge in [-0.3, -0.25) is 0 Å². The Hall–Kier alpha value is -0.390. The average Bonchev–Trinajstić information content (AvgIpc) is 2.50. The van der Waals surface area contributed by atoms with Crippen molar-refractivity contribution in [3.8, 4) is 0 Å². The number of rotatable bonds is 4. The third-order valence-corrected chi connectivity index (χ3v) is 5.15. The first-order chi connectivity index (χ1) is 10.4. The molecular weight excluding hydrogens is 316 g/mol. The highest BCUT2D eigenvalue weighted by atomic mass is 32.2. The maximum absolute atomic E-state index is 10.2. The Morgan fingerprint density at radius 2 is 1.86 bits per heavy atom. The zero-order chi connectivity index (χ0) is 16.4. The van der Waals surface area contributed by atoms with Crippen LogP contribution in [0.2, 0.25) is 0 Å². The predicted molar refractivity (Wildman–Crippen MR) is 76.8 cm³/mol. The van der Waals surface area contributed by atoms with Crippen LogP contribution in [0.15, 0.2) is 11.2 Å². The van der Waals surface area contributed by atoms with Crippen molar-refractivity contribution >= 4 is 11.8 Å². The van der Waals surface area contributed by atoms with Gasteiger partial charge in [-0.1, -0.05) is 11.8 Å². The van der Waals surface area contributed by atoms with Crippen LogP contribution in [0.25, 0.3) is 0 Å². The minimum atomic E-state index is -1.22. The smallest absolute Gasteiger partial charge is 0.186 e. The molecule has 1 fully saturated rings. The second-order valence-electron chi connectivity index (χ2n) is 5.31. The molecule has 0 radical (unpaired) electrons. The maximum atomic E-state index is 10.2. The van der Waals surface area contributed by atoms with E-state index < -0.39 is 54.8 Å². The SMILES string of the molecule is CO[C@H]1O[C@H](C)[C@H](SC2=C[C@@H](O)[C@H](O)[C@@H](CO)O2)[C@H](O)[C@H]1O. The lowest BCUT2D eigenvalue weighted by molar-refractivity contribution is -0.251. The van der Waals surface area contributed by atoms with Crippen LogP contribution in [0, 0.1) is 0 Å². The van der Waals surface area contributed by atoms with Gasteiger partial charge in [0.25, 0.3) is 0 Å². The fourth-order valence-electron chi connectivity index (χ4n) is 2.43. The maximum Gasteiger partial charge on any atom is 0.186 e. The molecule has 8 nitrogen and oxygen atoms in total. The lowest BCUT2D eigenvalue weighted by Crippen LogP contribution is -2.56. The van der Waals surface area contributed by atoms with Crippen molar-refractivity contribution in [2.75, 3.05) is 13.7 Å². The highest BCUT2D eigenvalue weighted by Gasteiger charge is 2.44. The highest BCUT2D eigenvalue weighted by molar-refractivity contribution is 8.03. The van der Waals surface area contributed by atoms with Crippen LogP contribution in [0.1, 0.15) is 6.92 Å². The number of ether oxygens (including phenoxy) is 3. The molecule has 2 aliphatic rings. The van der Waals surface area contributed by atoms with Crippen LogP contribution in [0.4, 0.5) is 0 Å². The Bertz CT molecular complexity index is 406. The monoisotopic (exact) mass is 338 g/mol. The fourth-order valence-corrected chi connectivity index (χ4v) is 3.65. The summed E-state index contributed by atoms with van der Waals surface area (Å²) in [6.45, 7) is 1.26. The van der Waals surface area contributed by atoms with Gasteiger partial charge >= 0.3 is 0 Å². The van der Waals surface area contributed by atoms with E-state index >= 15 is 0 Å². The van der Waals surface area contributed by atoms with Gasteiger partial charge in [-0.05, 0) is 13.0 Å². The van der Waals surface area contributed by atoms with E-state index in [0.717, 1.165) is 11.8 Å². The van der Waals surface area contributed by atoms with E-state index in [4.69, 9.17) is 19.3 Å².